The molecule has 1 fully saturated rings. The Kier molecular flexibility index (Phi) is 4.23. The lowest BCUT2D eigenvalue weighted by atomic mass is 10.0. The maximum Gasteiger partial charge on any atom is 0.320 e. The van der Waals surface area contributed by atoms with Gasteiger partial charge in [-0.25, -0.2) is 9.78 Å². The quantitative estimate of drug-likeness (QED) is 0.902. The Labute approximate surface area is 146 Å². The molecule has 0 atom stereocenters. The van der Waals surface area contributed by atoms with E-state index in [9.17, 15) is 4.79 Å². The van der Waals surface area contributed by atoms with Crippen molar-refractivity contribution in [2.24, 2.45) is 5.73 Å². The maximum absolute atomic E-state index is 11.6. The lowest BCUT2D eigenvalue weighted by Crippen LogP contribution is -2.40. The van der Waals surface area contributed by atoms with Gasteiger partial charge in [0.05, 0.1) is 25.1 Å². The van der Waals surface area contributed by atoms with Gasteiger partial charge in [0.1, 0.15) is 5.82 Å². The molecule has 25 heavy (non-hydrogen) atoms. The number of aryl methyl sites for hydroxylation is 1. The first-order valence-electron chi connectivity index (χ1n) is 8.56. The van der Waals surface area contributed by atoms with E-state index in [4.69, 9.17) is 10.5 Å². The van der Waals surface area contributed by atoms with Crippen LogP contribution < -0.4 is 15.5 Å². The normalized spacial score (nSPS) is 17.3. The Morgan fingerprint density at radius 1 is 1.08 bits per heavy atom. The van der Waals surface area contributed by atoms with E-state index in [1.54, 1.807) is 11.1 Å². The third-order valence-electron chi connectivity index (χ3n) is 4.73. The number of aromatic nitrogens is 2. The van der Waals surface area contributed by atoms with E-state index in [0.29, 0.717) is 12.4 Å². The van der Waals surface area contributed by atoms with Gasteiger partial charge in [0.15, 0.2) is 0 Å². The number of rotatable bonds is 2. The zero-order valence-electron chi connectivity index (χ0n) is 14.0. The summed E-state index contributed by atoms with van der Waals surface area (Å²) in [6.45, 7) is 3.87. The molecule has 0 aromatic carbocycles. The third kappa shape index (κ3) is 3.15. The molecule has 7 heteroatoms. The van der Waals surface area contributed by atoms with Crippen LogP contribution in [0.1, 0.15) is 12.0 Å². The Bertz CT molecular complexity index is 789. The van der Waals surface area contributed by atoms with E-state index in [1.807, 2.05) is 12.4 Å². The second-order valence-corrected chi connectivity index (χ2v) is 6.33. The summed E-state index contributed by atoms with van der Waals surface area (Å²) in [6.07, 6.45) is 7.32. The molecule has 4 rings (SSSR count). The number of carbonyl (C=O) groups is 1. The molecule has 0 spiro atoms. The summed E-state index contributed by atoms with van der Waals surface area (Å²) in [6, 6.07) is 3.78. The van der Waals surface area contributed by atoms with Gasteiger partial charge in [0.25, 0.3) is 0 Å². The first-order chi connectivity index (χ1) is 12.2. The van der Waals surface area contributed by atoms with Crippen LogP contribution in [0.25, 0.3) is 11.1 Å². The molecule has 0 unspecified atom stereocenters. The highest BCUT2D eigenvalue weighted by Crippen LogP contribution is 2.30. The molecule has 0 aliphatic carbocycles. The van der Waals surface area contributed by atoms with Crippen LogP contribution in [0.2, 0.25) is 0 Å². The van der Waals surface area contributed by atoms with Gasteiger partial charge in [-0.05, 0) is 30.5 Å². The number of hydrogen-bond acceptors (Lipinski definition) is 5. The summed E-state index contributed by atoms with van der Waals surface area (Å²) < 4.78 is 5.41. The topological polar surface area (TPSA) is 84.6 Å². The van der Waals surface area contributed by atoms with Crippen LogP contribution in [-0.2, 0) is 11.2 Å². The highest BCUT2D eigenvalue weighted by atomic mass is 16.5. The lowest BCUT2D eigenvalue weighted by Gasteiger charge is -2.29. The number of hydrogen-bond donors (Lipinski definition) is 1. The van der Waals surface area contributed by atoms with E-state index < -0.39 is 6.03 Å². The average molecular weight is 339 g/mol. The zero-order valence-corrected chi connectivity index (χ0v) is 14.0. The Morgan fingerprint density at radius 3 is 2.68 bits per heavy atom. The molecule has 0 saturated carbocycles. The second-order valence-electron chi connectivity index (χ2n) is 6.33. The highest BCUT2D eigenvalue weighted by molar-refractivity contribution is 5.91. The third-order valence-corrected chi connectivity index (χ3v) is 4.73. The van der Waals surface area contributed by atoms with Gasteiger partial charge in [-0.15, -0.1) is 0 Å². The van der Waals surface area contributed by atoms with Gasteiger partial charge >= 0.3 is 6.03 Å². The van der Waals surface area contributed by atoms with Gasteiger partial charge < -0.3 is 15.4 Å². The molecule has 2 aromatic heterocycles. The second kappa shape index (κ2) is 6.68. The molecule has 7 nitrogen and oxygen atoms in total. The number of ether oxygens (including phenoxy) is 1. The van der Waals surface area contributed by atoms with Crippen molar-refractivity contribution in [2.75, 3.05) is 42.6 Å². The van der Waals surface area contributed by atoms with Crippen molar-refractivity contribution < 1.29 is 9.53 Å². The Hall–Kier alpha value is -2.67. The van der Waals surface area contributed by atoms with Crippen molar-refractivity contribution >= 4 is 17.5 Å². The number of fused-ring (bicyclic) bond motifs is 1. The molecule has 130 valence electrons. The molecule has 0 bridgehead atoms. The first kappa shape index (κ1) is 15.8. The number of carbonyl (C=O) groups excluding carboxylic acids is 1. The van der Waals surface area contributed by atoms with Crippen molar-refractivity contribution in [1.82, 2.24) is 9.97 Å². The summed E-state index contributed by atoms with van der Waals surface area (Å²) in [4.78, 5) is 24.3. The van der Waals surface area contributed by atoms with E-state index in [1.165, 1.54) is 0 Å². The van der Waals surface area contributed by atoms with Crippen molar-refractivity contribution in [2.45, 2.75) is 12.8 Å². The van der Waals surface area contributed by atoms with Crippen LogP contribution >= 0.6 is 0 Å². The highest BCUT2D eigenvalue weighted by Gasteiger charge is 2.22. The summed E-state index contributed by atoms with van der Waals surface area (Å²) in [7, 11) is 0. The fourth-order valence-electron chi connectivity index (χ4n) is 3.42. The monoisotopic (exact) mass is 339 g/mol. The Balaban J connectivity index is 1.65. The Morgan fingerprint density at radius 2 is 1.88 bits per heavy atom. The molecule has 4 heterocycles. The minimum atomic E-state index is -0.447. The van der Waals surface area contributed by atoms with Gasteiger partial charge in [-0.2, -0.15) is 0 Å². The molecular weight excluding hydrogens is 318 g/mol. The fourth-order valence-corrected chi connectivity index (χ4v) is 3.42. The van der Waals surface area contributed by atoms with Crippen LogP contribution in [0.4, 0.5) is 16.3 Å². The largest absolute Gasteiger partial charge is 0.378 e. The van der Waals surface area contributed by atoms with Crippen LogP contribution in [0.5, 0.6) is 0 Å². The minimum Gasteiger partial charge on any atom is -0.378 e. The average Bonchev–Trinajstić information content (AvgIpc) is 2.68. The maximum atomic E-state index is 11.6. The number of morpholine rings is 1. The molecule has 2 N–H and O–H groups in total. The number of nitrogens with zero attached hydrogens (tertiary/aromatic N) is 4. The lowest BCUT2D eigenvalue weighted by molar-refractivity contribution is 0.122. The first-order valence-corrected chi connectivity index (χ1v) is 8.56. The molecule has 2 aliphatic rings. The molecule has 2 amide bonds. The number of amides is 2. The predicted molar refractivity (Wildman–Crippen MR) is 95.8 cm³/mol. The fraction of sp³-hybridized carbons (Fsp3) is 0.389. The number of pyridine rings is 2. The van der Waals surface area contributed by atoms with Gasteiger partial charge in [-0.3, -0.25) is 9.88 Å². The number of anilines is 2. The molecule has 2 aliphatic heterocycles. The van der Waals surface area contributed by atoms with Crippen molar-refractivity contribution in [3.8, 4) is 11.1 Å². The SMILES string of the molecule is NC(=O)N1CCCc2cc(-c3cncc(N4CCOCC4)c3)cnc21. The van der Waals surface area contributed by atoms with E-state index >= 15 is 0 Å². The predicted octanol–water partition coefficient (Wildman–Crippen LogP) is 1.81. The standard InChI is InChI=1S/C18H21N5O2/c19-18(24)23-3-1-2-13-8-14(11-21-17(13)23)15-9-16(12-20-10-15)22-4-6-25-7-5-22/h8-12H,1-7H2,(H2,19,24). The zero-order chi connectivity index (χ0) is 17.2. The number of urea groups is 1. The van der Waals surface area contributed by atoms with E-state index in [2.05, 4.69) is 27.0 Å². The van der Waals surface area contributed by atoms with Gasteiger partial charge in [-0.1, -0.05) is 0 Å². The van der Waals surface area contributed by atoms with Crippen molar-refractivity contribution in [3.05, 3.63) is 36.3 Å². The summed E-state index contributed by atoms with van der Waals surface area (Å²) in [5, 5.41) is 0. The molecule has 0 radical (unpaired) electrons. The van der Waals surface area contributed by atoms with Crippen molar-refractivity contribution in [1.29, 1.82) is 0 Å². The summed E-state index contributed by atoms with van der Waals surface area (Å²) in [5.74, 6) is 0.680. The molecule has 1 saturated heterocycles. The minimum absolute atomic E-state index is 0.447. The number of primary amides is 1. The molecular formula is C18H21N5O2. The summed E-state index contributed by atoms with van der Waals surface area (Å²) in [5.41, 5.74) is 9.64. The van der Waals surface area contributed by atoms with Crippen molar-refractivity contribution in [3.63, 3.8) is 0 Å². The van der Waals surface area contributed by atoms with Crippen LogP contribution in [-0.4, -0.2) is 48.8 Å². The van der Waals surface area contributed by atoms with Crippen LogP contribution in [0.3, 0.4) is 0 Å². The van der Waals surface area contributed by atoms with Gasteiger partial charge in [0, 0.05) is 43.2 Å². The van der Waals surface area contributed by atoms with E-state index in [-0.39, 0.29) is 0 Å². The van der Waals surface area contributed by atoms with Crippen LogP contribution in [0.15, 0.2) is 30.7 Å². The van der Waals surface area contributed by atoms with Gasteiger partial charge in [0.2, 0.25) is 0 Å². The molecule has 2 aromatic rings. The summed E-state index contributed by atoms with van der Waals surface area (Å²) >= 11 is 0. The van der Waals surface area contributed by atoms with Crippen LogP contribution in [0, 0.1) is 0 Å². The smallest absolute Gasteiger partial charge is 0.320 e. The van der Waals surface area contributed by atoms with E-state index in [0.717, 1.165) is 61.5 Å². The number of nitrogens with two attached hydrogens (primary N) is 1.